The van der Waals surface area contributed by atoms with Gasteiger partial charge in [-0.15, -0.1) is 0 Å². The van der Waals surface area contributed by atoms with E-state index in [1.54, 1.807) is 18.2 Å². The van der Waals surface area contributed by atoms with Crippen molar-refractivity contribution in [2.24, 2.45) is 0 Å². The first-order chi connectivity index (χ1) is 16.2. The van der Waals surface area contributed by atoms with Crippen LogP contribution in [-0.4, -0.2) is 28.8 Å². The van der Waals surface area contributed by atoms with E-state index in [0.717, 1.165) is 22.3 Å². The Morgan fingerprint density at radius 2 is 1.50 bits per heavy atom. The maximum absolute atomic E-state index is 14.6. The number of hydrogen-bond donors (Lipinski definition) is 1. The van der Waals surface area contributed by atoms with Crippen LogP contribution in [0.15, 0.2) is 72.8 Å². The Balaban J connectivity index is 2.00. The molecule has 3 rings (SSSR count). The van der Waals surface area contributed by atoms with Crippen LogP contribution in [0.3, 0.4) is 0 Å². The number of halogens is 1. The van der Waals surface area contributed by atoms with Crippen molar-refractivity contribution in [2.45, 2.75) is 59.2 Å². The minimum absolute atomic E-state index is 0.0132. The molecule has 0 aliphatic carbocycles. The number of carbonyl (C=O) groups is 2. The van der Waals surface area contributed by atoms with Crippen LogP contribution in [0.4, 0.5) is 4.39 Å². The van der Waals surface area contributed by atoms with Crippen molar-refractivity contribution in [1.29, 1.82) is 0 Å². The standard InChI is InChI=1S/C29H33FN2O2/c1-20(2)31-29(34)27(17-23-10-6-5-7-11-23)32(19-25-12-8-9-13-26(25)30)28(33)18-24-15-21(3)14-22(4)16-24/h5-16,20,27H,17-19H2,1-4H3,(H,31,34)/t27-/m0/s1. The lowest BCUT2D eigenvalue weighted by Gasteiger charge is -2.32. The van der Waals surface area contributed by atoms with Gasteiger partial charge in [0.1, 0.15) is 11.9 Å². The lowest BCUT2D eigenvalue weighted by atomic mass is 10.00. The molecule has 1 N–H and O–H groups in total. The number of nitrogens with one attached hydrogen (secondary N) is 1. The third-order valence-corrected chi connectivity index (χ3v) is 5.64. The summed E-state index contributed by atoms with van der Waals surface area (Å²) in [6.07, 6.45) is 0.476. The zero-order chi connectivity index (χ0) is 24.7. The molecule has 5 heteroatoms. The van der Waals surface area contributed by atoms with Gasteiger partial charge in [0, 0.05) is 24.6 Å². The molecule has 3 aromatic carbocycles. The first kappa shape index (κ1) is 25.2. The molecule has 34 heavy (non-hydrogen) atoms. The van der Waals surface area contributed by atoms with E-state index in [4.69, 9.17) is 0 Å². The van der Waals surface area contributed by atoms with Gasteiger partial charge in [-0.1, -0.05) is 77.9 Å². The summed E-state index contributed by atoms with van der Waals surface area (Å²) in [4.78, 5) is 28.6. The molecule has 0 heterocycles. The van der Waals surface area contributed by atoms with Crippen LogP contribution in [0.1, 0.15) is 41.7 Å². The molecule has 0 unspecified atom stereocenters. The lowest BCUT2D eigenvalue weighted by molar-refractivity contribution is -0.141. The molecule has 0 aromatic heterocycles. The van der Waals surface area contributed by atoms with Gasteiger partial charge < -0.3 is 10.2 Å². The molecule has 0 fully saturated rings. The van der Waals surface area contributed by atoms with Gasteiger partial charge >= 0.3 is 0 Å². The number of hydrogen-bond acceptors (Lipinski definition) is 2. The topological polar surface area (TPSA) is 49.4 Å². The lowest BCUT2D eigenvalue weighted by Crippen LogP contribution is -2.52. The Labute approximate surface area is 201 Å². The Morgan fingerprint density at radius 1 is 0.882 bits per heavy atom. The number of nitrogens with zero attached hydrogens (tertiary/aromatic N) is 1. The normalized spacial score (nSPS) is 11.8. The Morgan fingerprint density at radius 3 is 2.12 bits per heavy atom. The van der Waals surface area contributed by atoms with Crippen molar-refractivity contribution in [1.82, 2.24) is 10.2 Å². The molecule has 0 saturated heterocycles. The van der Waals surface area contributed by atoms with Crippen molar-refractivity contribution < 1.29 is 14.0 Å². The number of carbonyl (C=O) groups excluding carboxylic acids is 2. The molecule has 2 amide bonds. The van der Waals surface area contributed by atoms with Crippen LogP contribution in [0.5, 0.6) is 0 Å². The summed E-state index contributed by atoms with van der Waals surface area (Å²) in [6.45, 7) is 7.77. The van der Waals surface area contributed by atoms with Crippen LogP contribution >= 0.6 is 0 Å². The monoisotopic (exact) mass is 460 g/mol. The van der Waals surface area contributed by atoms with E-state index >= 15 is 0 Å². The number of aryl methyl sites for hydroxylation is 2. The van der Waals surface area contributed by atoms with E-state index in [9.17, 15) is 14.0 Å². The number of amides is 2. The third kappa shape index (κ3) is 7.01. The van der Waals surface area contributed by atoms with E-state index in [-0.39, 0.29) is 30.8 Å². The van der Waals surface area contributed by atoms with Gasteiger partial charge in [0.2, 0.25) is 11.8 Å². The van der Waals surface area contributed by atoms with Crippen molar-refractivity contribution in [2.75, 3.05) is 0 Å². The van der Waals surface area contributed by atoms with Gasteiger partial charge in [0.15, 0.2) is 0 Å². The molecule has 178 valence electrons. The first-order valence-corrected chi connectivity index (χ1v) is 11.7. The second kappa shape index (κ2) is 11.6. The van der Waals surface area contributed by atoms with Crippen LogP contribution in [0.25, 0.3) is 0 Å². The average molecular weight is 461 g/mol. The molecular formula is C29H33FN2O2. The van der Waals surface area contributed by atoms with Crippen LogP contribution in [-0.2, 0) is 29.0 Å². The molecule has 1 atom stereocenters. The van der Waals surface area contributed by atoms with Crippen LogP contribution < -0.4 is 5.32 Å². The molecular weight excluding hydrogens is 427 g/mol. The minimum atomic E-state index is -0.775. The zero-order valence-electron chi connectivity index (χ0n) is 20.3. The Kier molecular flexibility index (Phi) is 8.58. The van der Waals surface area contributed by atoms with E-state index in [1.165, 1.54) is 11.0 Å². The van der Waals surface area contributed by atoms with Gasteiger partial charge in [-0.3, -0.25) is 9.59 Å². The predicted octanol–water partition coefficient (Wildman–Crippen LogP) is 5.15. The predicted molar refractivity (Wildman–Crippen MR) is 134 cm³/mol. The highest BCUT2D eigenvalue weighted by molar-refractivity contribution is 5.89. The van der Waals surface area contributed by atoms with Crippen molar-refractivity contribution in [3.8, 4) is 0 Å². The van der Waals surface area contributed by atoms with Crippen molar-refractivity contribution in [3.05, 3.63) is 106 Å². The molecule has 0 saturated carbocycles. The SMILES string of the molecule is Cc1cc(C)cc(CC(=O)N(Cc2ccccc2F)[C@@H](Cc2ccccc2)C(=O)NC(C)C)c1. The summed E-state index contributed by atoms with van der Waals surface area (Å²) < 4.78 is 14.6. The number of benzene rings is 3. The smallest absolute Gasteiger partial charge is 0.243 e. The second-order valence-electron chi connectivity index (χ2n) is 9.15. The van der Waals surface area contributed by atoms with Crippen molar-refractivity contribution in [3.63, 3.8) is 0 Å². The van der Waals surface area contributed by atoms with E-state index < -0.39 is 11.9 Å². The molecule has 0 spiro atoms. The second-order valence-corrected chi connectivity index (χ2v) is 9.15. The largest absolute Gasteiger partial charge is 0.352 e. The summed E-state index contributed by atoms with van der Waals surface area (Å²) in [5.41, 5.74) is 4.34. The highest BCUT2D eigenvalue weighted by atomic mass is 19.1. The Hall–Kier alpha value is -3.47. The van der Waals surface area contributed by atoms with Gasteiger partial charge in [0.05, 0.1) is 6.42 Å². The fraction of sp³-hybridized carbons (Fsp3) is 0.310. The molecule has 4 nitrogen and oxygen atoms in total. The Bertz CT molecular complexity index is 1110. The quantitative estimate of drug-likeness (QED) is 0.480. The summed E-state index contributed by atoms with van der Waals surface area (Å²) in [5, 5.41) is 2.95. The zero-order valence-corrected chi connectivity index (χ0v) is 20.3. The highest BCUT2D eigenvalue weighted by Crippen LogP contribution is 2.19. The molecule has 0 bridgehead atoms. The van der Waals surface area contributed by atoms with Crippen molar-refractivity contribution >= 4 is 11.8 Å². The maximum atomic E-state index is 14.6. The third-order valence-electron chi connectivity index (χ3n) is 5.64. The molecule has 0 radical (unpaired) electrons. The van der Waals surface area contributed by atoms with E-state index in [0.29, 0.717) is 12.0 Å². The van der Waals surface area contributed by atoms with Gasteiger partial charge in [-0.05, 0) is 44.9 Å². The van der Waals surface area contributed by atoms with E-state index in [1.807, 2.05) is 70.2 Å². The minimum Gasteiger partial charge on any atom is -0.352 e. The molecule has 0 aliphatic rings. The molecule has 3 aromatic rings. The summed E-state index contributed by atoms with van der Waals surface area (Å²) in [7, 11) is 0. The maximum Gasteiger partial charge on any atom is 0.243 e. The number of rotatable bonds is 9. The van der Waals surface area contributed by atoms with Gasteiger partial charge in [0.25, 0.3) is 0 Å². The summed E-state index contributed by atoms with van der Waals surface area (Å²) in [5.74, 6) is -0.855. The van der Waals surface area contributed by atoms with E-state index in [2.05, 4.69) is 11.4 Å². The first-order valence-electron chi connectivity index (χ1n) is 11.7. The fourth-order valence-electron chi connectivity index (χ4n) is 4.19. The van der Waals surface area contributed by atoms with Crippen LogP contribution in [0, 0.1) is 19.7 Å². The summed E-state index contributed by atoms with van der Waals surface area (Å²) >= 11 is 0. The highest BCUT2D eigenvalue weighted by Gasteiger charge is 2.31. The van der Waals surface area contributed by atoms with Crippen LogP contribution in [0.2, 0.25) is 0 Å². The summed E-state index contributed by atoms with van der Waals surface area (Å²) in [6, 6.07) is 21.1. The average Bonchev–Trinajstić information content (AvgIpc) is 2.76. The fourth-order valence-corrected chi connectivity index (χ4v) is 4.19. The van der Waals surface area contributed by atoms with Gasteiger partial charge in [-0.25, -0.2) is 4.39 Å². The van der Waals surface area contributed by atoms with Gasteiger partial charge in [-0.2, -0.15) is 0 Å². The molecule has 0 aliphatic heterocycles.